The summed E-state index contributed by atoms with van der Waals surface area (Å²) in [5.74, 6) is 0.0312. The number of aliphatic hydroxyl groups is 2. The molecule has 0 aliphatic carbocycles. The molecule has 7 nitrogen and oxygen atoms in total. The van der Waals surface area contributed by atoms with Crippen LogP contribution >= 0.6 is 23.4 Å². The summed E-state index contributed by atoms with van der Waals surface area (Å²) in [4.78, 5) is 12.3. The first kappa shape index (κ1) is 13.9. The summed E-state index contributed by atoms with van der Waals surface area (Å²) >= 11 is 7.49. The topological polar surface area (TPSA) is 110 Å². The quantitative estimate of drug-likeness (QED) is 0.698. The van der Waals surface area contributed by atoms with Crippen molar-refractivity contribution in [2.45, 2.75) is 23.7 Å². The van der Waals surface area contributed by atoms with Gasteiger partial charge in [-0.25, -0.2) is 4.98 Å². The van der Waals surface area contributed by atoms with Crippen molar-refractivity contribution in [2.75, 3.05) is 12.3 Å². The van der Waals surface area contributed by atoms with Gasteiger partial charge in [-0.3, -0.25) is 0 Å². The molecule has 0 saturated carbocycles. The highest BCUT2D eigenvalue weighted by atomic mass is 35.5. The van der Waals surface area contributed by atoms with Crippen LogP contribution in [0.5, 0.6) is 0 Å². The number of nitrogens with zero attached hydrogens (tertiary/aromatic N) is 4. The average Bonchev–Trinajstić information content (AvgIpc) is 2.93. The SMILES string of the molecule is C[C@@H]1[C@H](O)[C@@H](CO)S[C@H]1n1cnc2c(Cl)nc(N)nc21. The summed E-state index contributed by atoms with van der Waals surface area (Å²) in [6.45, 7) is 1.85. The zero-order valence-corrected chi connectivity index (χ0v) is 12.2. The van der Waals surface area contributed by atoms with Crippen molar-refractivity contribution in [1.82, 2.24) is 19.5 Å². The number of halogens is 1. The molecule has 4 N–H and O–H groups in total. The zero-order valence-electron chi connectivity index (χ0n) is 10.6. The first-order chi connectivity index (χ1) is 9.52. The molecule has 0 bridgehead atoms. The molecule has 4 atom stereocenters. The highest BCUT2D eigenvalue weighted by molar-refractivity contribution is 8.00. The van der Waals surface area contributed by atoms with E-state index in [1.54, 1.807) is 6.33 Å². The molecule has 0 aromatic carbocycles. The van der Waals surface area contributed by atoms with Crippen molar-refractivity contribution in [2.24, 2.45) is 5.92 Å². The molecule has 0 radical (unpaired) electrons. The summed E-state index contributed by atoms with van der Waals surface area (Å²) in [7, 11) is 0. The first-order valence-corrected chi connectivity index (χ1v) is 7.45. The van der Waals surface area contributed by atoms with E-state index in [4.69, 9.17) is 17.3 Å². The molecule has 2 aromatic rings. The van der Waals surface area contributed by atoms with E-state index in [0.717, 1.165) is 0 Å². The maximum absolute atomic E-state index is 10.1. The Hall–Kier alpha value is -1.09. The van der Waals surface area contributed by atoms with Crippen molar-refractivity contribution in [3.8, 4) is 0 Å². The van der Waals surface area contributed by atoms with Crippen LogP contribution in [0.3, 0.4) is 0 Å². The predicted octanol–water partition coefficient (Wildman–Crippen LogP) is 0.665. The Morgan fingerprint density at radius 1 is 1.50 bits per heavy atom. The second-order valence-corrected chi connectivity index (χ2v) is 6.51. The first-order valence-electron chi connectivity index (χ1n) is 6.13. The van der Waals surface area contributed by atoms with Crippen molar-refractivity contribution in [1.29, 1.82) is 0 Å². The second-order valence-electron chi connectivity index (χ2n) is 4.79. The number of fused-ring (bicyclic) bond motifs is 1. The molecule has 3 heterocycles. The van der Waals surface area contributed by atoms with E-state index in [-0.39, 0.29) is 34.3 Å². The van der Waals surface area contributed by atoms with Crippen LogP contribution in [0.15, 0.2) is 6.33 Å². The maximum atomic E-state index is 10.1. The molecule has 0 unspecified atom stereocenters. The maximum Gasteiger partial charge on any atom is 0.223 e. The van der Waals surface area contributed by atoms with Crippen LogP contribution in [0.25, 0.3) is 11.2 Å². The van der Waals surface area contributed by atoms with Gasteiger partial charge in [-0.15, -0.1) is 11.8 Å². The fourth-order valence-electron chi connectivity index (χ4n) is 2.44. The molecule has 2 aromatic heterocycles. The summed E-state index contributed by atoms with van der Waals surface area (Å²) in [6.07, 6.45) is 1.03. The fraction of sp³-hybridized carbons (Fsp3) is 0.545. The number of hydrogen-bond donors (Lipinski definition) is 3. The van der Waals surface area contributed by atoms with Gasteiger partial charge in [0, 0.05) is 5.92 Å². The molecule has 0 amide bonds. The molecule has 108 valence electrons. The minimum atomic E-state index is -0.581. The molecule has 1 aliphatic rings. The Bertz CT molecular complexity index is 651. The third-order valence-electron chi connectivity index (χ3n) is 3.53. The number of nitrogen functional groups attached to an aromatic ring is 1. The van der Waals surface area contributed by atoms with Crippen LogP contribution in [0.2, 0.25) is 5.15 Å². The lowest BCUT2D eigenvalue weighted by molar-refractivity contribution is 0.0973. The number of anilines is 1. The van der Waals surface area contributed by atoms with Gasteiger partial charge in [0.1, 0.15) is 5.52 Å². The van der Waals surface area contributed by atoms with Gasteiger partial charge in [0.2, 0.25) is 5.95 Å². The third kappa shape index (κ3) is 2.03. The Balaban J connectivity index is 2.07. The standard InChI is InChI=1S/C11H14ClN5O2S/c1-4-7(19)5(2-18)20-10(4)17-3-14-6-8(12)15-11(13)16-9(6)17/h3-5,7,10,18-19H,2H2,1H3,(H2,13,15,16)/t4-,5-,7+,10-/m1/s1. The largest absolute Gasteiger partial charge is 0.395 e. The highest BCUT2D eigenvalue weighted by Crippen LogP contribution is 2.46. The number of imidazole rings is 1. The van der Waals surface area contributed by atoms with Gasteiger partial charge < -0.3 is 20.5 Å². The van der Waals surface area contributed by atoms with E-state index in [9.17, 15) is 10.2 Å². The van der Waals surface area contributed by atoms with E-state index < -0.39 is 6.10 Å². The Labute approximate surface area is 124 Å². The van der Waals surface area contributed by atoms with Crippen molar-refractivity contribution < 1.29 is 10.2 Å². The molecule has 0 spiro atoms. The highest BCUT2D eigenvalue weighted by Gasteiger charge is 2.41. The Kier molecular flexibility index (Phi) is 3.49. The van der Waals surface area contributed by atoms with Crippen LogP contribution in [0.4, 0.5) is 5.95 Å². The molecule has 1 saturated heterocycles. The fourth-order valence-corrected chi connectivity index (χ4v) is 4.21. The lowest BCUT2D eigenvalue weighted by Gasteiger charge is -2.18. The Morgan fingerprint density at radius 3 is 2.90 bits per heavy atom. The molecule has 1 aliphatic heterocycles. The summed E-state index contributed by atoms with van der Waals surface area (Å²) in [5.41, 5.74) is 6.64. The molecule has 1 fully saturated rings. The molecule has 20 heavy (non-hydrogen) atoms. The van der Waals surface area contributed by atoms with Gasteiger partial charge in [-0.1, -0.05) is 18.5 Å². The van der Waals surface area contributed by atoms with Crippen LogP contribution in [-0.4, -0.2) is 47.7 Å². The lowest BCUT2D eigenvalue weighted by atomic mass is 10.0. The van der Waals surface area contributed by atoms with E-state index >= 15 is 0 Å². The van der Waals surface area contributed by atoms with Crippen LogP contribution < -0.4 is 5.73 Å². The van der Waals surface area contributed by atoms with Crippen LogP contribution in [-0.2, 0) is 0 Å². The molecule has 9 heteroatoms. The van der Waals surface area contributed by atoms with E-state index in [1.807, 2.05) is 11.5 Å². The van der Waals surface area contributed by atoms with Gasteiger partial charge >= 0.3 is 0 Å². The number of aromatic nitrogens is 4. The van der Waals surface area contributed by atoms with Crippen LogP contribution in [0, 0.1) is 5.92 Å². The summed E-state index contributed by atoms with van der Waals surface area (Å²) in [6, 6.07) is 0. The summed E-state index contributed by atoms with van der Waals surface area (Å²) in [5, 5.41) is 19.3. The average molecular weight is 316 g/mol. The second kappa shape index (κ2) is 5.03. The van der Waals surface area contributed by atoms with E-state index in [2.05, 4.69) is 15.0 Å². The molecular weight excluding hydrogens is 302 g/mol. The number of aliphatic hydroxyl groups excluding tert-OH is 2. The number of rotatable bonds is 2. The van der Waals surface area contributed by atoms with Gasteiger partial charge in [0.05, 0.1) is 29.7 Å². The number of thioether (sulfide) groups is 1. The van der Waals surface area contributed by atoms with Gasteiger partial charge in [0.15, 0.2) is 10.8 Å². The number of nitrogens with two attached hydrogens (primary N) is 1. The smallest absolute Gasteiger partial charge is 0.223 e. The lowest BCUT2D eigenvalue weighted by Crippen LogP contribution is -2.26. The van der Waals surface area contributed by atoms with Crippen LogP contribution in [0.1, 0.15) is 12.3 Å². The van der Waals surface area contributed by atoms with Gasteiger partial charge in [-0.2, -0.15) is 9.97 Å². The Morgan fingerprint density at radius 2 is 2.25 bits per heavy atom. The third-order valence-corrected chi connectivity index (χ3v) is 5.51. The zero-order chi connectivity index (χ0) is 14.4. The minimum Gasteiger partial charge on any atom is -0.395 e. The van der Waals surface area contributed by atoms with E-state index in [1.165, 1.54) is 11.8 Å². The normalized spacial score (nSPS) is 30.2. The van der Waals surface area contributed by atoms with Crippen molar-refractivity contribution in [3.63, 3.8) is 0 Å². The van der Waals surface area contributed by atoms with Gasteiger partial charge in [-0.05, 0) is 0 Å². The van der Waals surface area contributed by atoms with Crippen molar-refractivity contribution in [3.05, 3.63) is 11.5 Å². The van der Waals surface area contributed by atoms with Crippen molar-refractivity contribution >= 4 is 40.5 Å². The van der Waals surface area contributed by atoms with Gasteiger partial charge in [0.25, 0.3) is 0 Å². The number of hydrogen-bond acceptors (Lipinski definition) is 7. The molecular formula is C11H14ClN5O2S. The van der Waals surface area contributed by atoms with E-state index in [0.29, 0.717) is 11.2 Å². The monoisotopic (exact) mass is 315 g/mol. The minimum absolute atomic E-state index is 0.0514. The summed E-state index contributed by atoms with van der Waals surface area (Å²) < 4.78 is 1.83. The molecule has 3 rings (SSSR count). The predicted molar refractivity (Wildman–Crippen MR) is 77.4 cm³/mol.